The summed E-state index contributed by atoms with van der Waals surface area (Å²) in [7, 11) is 1.70. The molecule has 2 N–H and O–H groups in total. The number of rotatable bonds is 7. The number of aromatic nitrogens is 3. The van der Waals surface area contributed by atoms with Gasteiger partial charge in [0.05, 0.1) is 23.5 Å². The molecule has 7 nitrogen and oxygen atoms in total. The second-order valence-electron chi connectivity index (χ2n) is 8.74. The van der Waals surface area contributed by atoms with Gasteiger partial charge in [0.1, 0.15) is 17.3 Å². The van der Waals surface area contributed by atoms with Gasteiger partial charge in [-0.2, -0.15) is 9.61 Å². The van der Waals surface area contributed by atoms with Crippen molar-refractivity contribution in [2.24, 2.45) is 5.92 Å². The van der Waals surface area contributed by atoms with E-state index in [-0.39, 0.29) is 5.75 Å². The van der Waals surface area contributed by atoms with Gasteiger partial charge in [-0.1, -0.05) is 52.0 Å². The standard InChI is InChI=1S/C26H28BrN5O2.2C2H6/c1-34-20-10-8-18(9-11-20)16-31-12-4-5-19(17-31)14-28-25-13-23(21-6-2-3-7-24(21)33)30-26-22(27)15-29-32(25)26;2*1-2/h2-3,6-11,13,15,19,28,33H,4-5,12,14,16-17H2,1H3;2*1-2H3. The number of nitrogens with one attached hydrogen (secondary N) is 1. The first-order valence-corrected chi connectivity index (χ1v) is 14.3. The van der Waals surface area contributed by atoms with Crippen molar-refractivity contribution in [3.63, 3.8) is 0 Å². The van der Waals surface area contributed by atoms with Crippen LogP contribution in [0.4, 0.5) is 5.82 Å². The summed E-state index contributed by atoms with van der Waals surface area (Å²) >= 11 is 3.55. The van der Waals surface area contributed by atoms with Crippen LogP contribution in [0.5, 0.6) is 11.5 Å². The van der Waals surface area contributed by atoms with E-state index in [1.807, 2.05) is 68.6 Å². The molecule has 0 bridgehead atoms. The molecule has 0 aliphatic carbocycles. The highest BCUT2D eigenvalue weighted by atomic mass is 79.9. The van der Waals surface area contributed by atoms with Gasteiger partial charge in [0.2, 0.25) is 0 Å². The van der Waals surface area contributed by atoms with Crippen LogP contribution in [0.3, 0.4) is 0 Å². The quantitative estimate of drug-likeness (QED) is 0.239. The Kier molecular flexibility index (Phi) is 11.4. The summed E-state index contributed by atoms with van der Waals surface area (Å²) in [5.41, 5.74) is 3.43. The highest BCUT2D eigenvalue weighted by Gasteiger charge is 2.21. The summed E-state index contributed by atoms with van der Waals surface area (Å²) in [5.74, 6) is 2.49. The Labute approximate surface area is 235 Å². The van der Waals surface area contributed by atoms with Crippen molar-refractivity contribution in [1.29, 1.82) is 0 Å². The number of phenols is 1. The second-order valence-corrected chi connectivity index (χ2v) is 9.60. The minimum absolute atomic E-state index is 0.211. The molecule has 0 saturated carbocycles. The van der Waals surface area contributed by atoms with Crippen molar-refractivity contribution in [2.75, 3.05) is 32.1 Å². The largest absolute Gasteiger partial charge is 0.507 e. The molecule has 1 fully saturated rings. The van der Waals surface area contributed by atoms with Crippen LogP contribution in [0.15, 0.2) is 65.3 Å². The first-order valence-electron chi connectivity index (χ1n) is 13.5. The second kappa shape index (κ2) is 14.7. The van der Waals surface area contributed by atoms with Crippen LogP contribution >= 0.6 is 15.9 Å². The van der Waals surface area contributed by atoms with Crippen molar-refractivity contribution in [1.82, 2.24) is 19.5 Å². The Morgan fingerprint density at radius 1 is 1.08 bits per heavy atom. The molecule has 0 radical (unpaired) electrons. The maximum atomic E-state index is 10.4. The molecule has 2 aromatic heterocycles. The molecule has 1 atom stereocenters. The van der Waals surface area contributed by atoms with Gasteiger partial charge in [0.25, 0.3) is 0 Å². The molecule has 1 aliphatic heterocycles. The highest BCUT2D eigenvalue weighted by molar-refractivity contribution is 9.10. The Morgan fingerprint density at radius 2 is 1.82 bits per heavy atom. The average molecular weight is 583 g/mol. The Bertz CT molecular complexity index is 1280. The first-order chi connectivity index (χ1) is 18.6. The molecule has 3 heterocycles. The number of methoxy groups -OCH3 is 1. The van der Waals surface area contributed by atoms with Gasteiger partial charge >= 0.3 is 0 Å². The molecule has 0 amide bonds. The van der Waals surface area contributed by atoms with Gasteiger partial charge in [0, 0.05) is 31.3 Å². The zero-order valence-corrected chi connectivity index (χ0v) is 24.7. The van der Waals surface area contributed by atoms with Crippen LogP contribution in [0, 0.1) is 5.92 Å². The first kappa shape index (κ1) is 29.5. The molecule has 38 heavy (non-hydrogen) atoms. The number of para-hydroxylation sites is 1. The number of benzene rings is 2. The Balaban J connectivity index is 0.000000956. The fourth-order valence-electron chi connectivity index (χ4n) is 4.59. The fourth-order valence-corrected chi connectivity index (χ4v) is 4.94. The summed E-state index contributed by atoms with van der Waals surface area (Å²) in [6, 6.07) is 17.6. The van der Waals surface area contributed by atoms with Gasteiger partial charge < -0.3 is 15.2 Å². The van der Waals surface area contributed by atoms with Crippen molar-refractivity contribution < 1.29 is 9.84 Å². The van der Waals surface area contributed by atoms with Crippen LogP contribution in [0.2, 0.25) is 0 Å². The van der Waals surface area contributed by atoms with E-state index in [0.29, 0.717) is 22.8 Å². The fraction of sp³-hybridized carbons (Fsp3) is 0.400. The Morgan fingerprint density at radius 3 is 2.53 bits per heavy atom. The minimum atomic E-state index is 0.211. The lowest BCUT2D eigenvalue weighted by atomic mass is 9.97. The topological polar surface area (TPSA) is 74.9 Å². The summed E-state index contributed by atoms with van der Waals surface area (Å²) in [4.78, 5) is 7.25. The monoisotopic (exact) mass is 581 g/mol. The predicted octanol–water partition coefficient (Wildman–Crippen LogP) is 7.25. The van der Waals surface area contributed by atoms with E-state index in [0.717, 1.165) is 42.2 Å². The highest BCUT2D eigenvalue weighted by Crippen LogP contribution is 2.31. The SMILES string of the molecule is CC.CC.COc1ccc(CN2CCCC(CNc3cc(-c4ccccc4O)nc4c(Br)cnn34)C2)cc1. The van der Waals surface area contributed by atoms with Crippen LogP contribution in [0.1, 0.15) is 46.1 Å². The number of fused-ring (bicyclic) bond motifs is 1. The number of hydrogen-bond donors (Lipinski definition) is 2. The van der Waals surface area contributed by atoms with Crippen molar-refractivity contribution >= 4 is 27.4 Å². The zero-order valence-electron chi connectivity index (χ0n) is 23.1. The molecule has 1 saturated heterocycles. The molecule has 204 valence electrons. The molecule has 0 spiro atoms. The van der Waals surface area contributed by atoms with Gasteiger partial charge in [-0.25, -0.2) is 4.98 Å². The maximum Gasteiger partial charge on any atom is 0.172 e. The number of piperidine rings is 1. The van der Waals surface area contributed by atoms with E-state index in [4.69, 9.17) is 9.72 Å². The molecular weight excluding hydrogens is 542 g/mol. The van der Waals surface area contributed by atoms with Gasteiger partial charge in [0.15, 0.2) is 5.65 Å². The van der Waals surface area contributed by atoms with Crippen LogP contribution in [0.25, 0.3) is 16.9 Å². The van der Waals surface area contributed by atoms with Gasteiger partial charge in [-0.3, -0.25) is 4.90 Å². The number of hydrogen-bond acceptors (Lipinski definition) is 6. The van der Waals surface area contributed by atoms with Gasteiger partial charge in [-0.05, 0) is 71.1 Å². The Hall–Kier alpha value is -3.10. The third-order valence-corrected chi connectivity index (χ3v) is 6.91. The lowest BCUT2D eigenvalue weighted by Gasteiger charge is -2.33. The summed E-state index contributed by atoms with van der Waals surface area (Å²) < 4.78 is 7.90. The lowest BCUT2D eigenvalue weighted by molar-refractivity contribution is 0.173. The number of likely N-dealkylation sites (tertiary alicyclic amines) is 1. The van der Waals surface area contributed by atoms with Crippen molar-refractivity contribution in [3.05, 3.63) is 70.8 Å². The lowest BCUT2D eigenvalue weighted by Crippen LogP contribution is -2.37. The molecule has 1 unspecified atom stereocenters. The summed E-state index contributed by atoms with van der Waals surface area (Å²) in [5, 5.41) is 18.5. The summed E-state index contributed by atoms with van der Waals surface area (Å²) in [6.07, 6.45) is 4.12. The number of nitrogens with zero attached hydrogens (tertiary/aromatic N) is 4. The average Bonchev–Trinajstić information content (AvgIpc) is 3.35. The van der Waals surface area contributed by atoms with E-state index >= 15 is 0 Å². The van der Waals surface area contributed by atoms with E-state index in [9.17, 15) is 5.11 Å². The molecule has 8 heteroatoms. The minimum Gasteiger partial charge on any atom is -0.507 e. The maximum absolute atomic E-state index is 10.4. The summed E-state index contributed by atoms with van der Waals surface area (Å²) in [6.45, 7) is 12.0. The van der Waals surface area contributed by atoms with E-state index in [1.54, 1.807) is 19.4 Å². The predicted molar refractivity (Wildman–Crippen MR) is 160 cm³/mol. The number of anilines is 1. The van der Waals surface area contributed by atoms with Crippen LogP contribution in [-0.2, 0) is 6.54 Å². The number of ether oxygens (including phenoxy) is 1. The van der Waals surface area contributed by atoms with Crippen LogP contribution in [-0.4, -0.2) is 51.3 Å². The molecule has 1 aliphatic rings. The molecule has 2 aromatic carbocycles. The number of phenolic OH excluding ortho intramolecular Hbond substituents is 1. The number of halogens is 1. The number of aromatic hydroxyl groups is 1. The van der Waals surface area contributed by atoms with E-state index in [2.05, 4.69) is 43.4 Å². The normalized spacial score (nSPS) is 15.2. The molecular formula is C30H40BrN5O2. The van der Waals surface area contributed by atoms with Gasteiger partial charge in [-0.15, -0.1) is 0 Å². The smallest absolute Gasteiger partial charge is 0.172 e. The molecule has 4 aromatic rings. The van der Waals surface area contributed by atoms with E-state index in [1.165, 1.54) is 18.4 Å². The van der Waals surface area contributed by atoms with E-state index < -0.39 is 0 Å². The molecule has 5 rings (SSSR count). The van der Waals surface area contributed by atoms with Crippen molar-refractivity contribution in [2.45, 2.75) is 47.1 Å². The van der Waals surface area contributed by atoms with Crippen molar-refractivity contribution in [3.8, 4) is 22.8 Å². The third kappa shape index (κ3) is 7.26. The third-order valence-electron chi connectivity index (χ3n) is 6.35. The van der Waals surface area contributed by atoms with Crippen LogP contribution < -0.4 is 10.1 Å². The zero-order chi connectivity index (χ0) is 27.5.